The lowest BCUT2D eigenvalue weighted by molar-refractivity contribution is 0.0696. The molecule has 0 amide bonds. The van der Waals surface area contributed by atoms with Crippen molar-refractivity contribution < 1.29 is 14.6 Å². The Balaban J connectivity index is 2.53. The first-order valence-corrected chi connectivity index (χ1v) is 6.51. The monoisotopic (exact) mass is 296 g/mol. The van der Waals surface area contributed by atoms with E-state index in [1.165, 1.54) is 13.3 Å². The molecule has 0 saturated carbocycles. The minimum Gasteiger partial charge on any atom is -0.496 e. The van der Waals surface area contributed by atoms with Crippen LogP contribution in [0.3, 0.4) is 0 Å². The predicted molar refractivity (Wildman–Crippen MR) is 81.3 cm³/mol. The summed E-state index contributed by atoms with van der Waals surface area (Å²) < 4.78 is 5.30. The quantitative estimate of drug-likeness (QED) is 0.773. The molecule has 0 bridgehead atoms. The highest BCUT2D eigenvalue weighted by atomic mass is 16.5. The Labute approximate surface area is 125 Å². The van der Waals surface area contributed by atoms with Gasteiger partial charge in [0.05, 0.1) is 7.11 Å². The van der Waals surface area contributed by atoms with E-state index in [4.69, 9.17) is 4.74 Å². The Bertz CT molecular complexity index is 931. The van der Waals surface area contributed by atoms with Crippen molar-refractivity contribution in [1.29, 1.82) is 0 Å². The Morgan fingerprint density at radius 2 is 2.00 bits per heavy atom. The number of carboxylic acid groups (broad SMARTS) is 1. The van der Waals surface area contributed by atoms with Gasteiger partial charge in [-0.15, -0.1) is 0 Å². The number of hydrogen-bond donors (Lipinski definition) is 2. The van der Waals surface area contributed by atoms with Crippen molar-refractivity contribution >= 4 is 17.0 Å². The van der Waals surface area contributed by atoms with E-state index in [2.05, 4.69) is 9.97 Å². The summed E-state index contributed by atoms with van der Waals surface area (Å²) >= 11 is 0. The van der Waals surface area contributed by atoms with Gasteiger partial charge in [-0.05, 0) is 18.2 Å². The summed E-state index contributed by atoms with van der Waals surface area (Å²) in [7, 11) is 1.49. The maximum absolute atomic E-state index is 12.2. The minimum absolute atomic E-state index is 0.303. The number of carbonyl (C=O) groups is 1. The molecule has 1 aromatic carbocycles. The van der Waals surface area contributed by atoms with Gasteiger partial charge in [0.15, 0.2) is 0 Å². The van der Waals surface area contributed by atoms with Gasteiger partial charge in [-0.25, -0.2) is 9.78 Å². The molecular formula is C16H12N2O4. The molecular weight excluding hydrogens is 284 g/mol. The molecule has 0 aliphatic rings. The number of para-hydroxylation sites is 1. The topological polar surface area (TPSA) is 92.3 Å². The molecule has 110 valence electrons. The molecule has 0 aliphatic carbocycles. The number of aromatic carboxylic acids is 1. The first kappa shape index (κ1) is 13.8. The molecule has 3 rings (SSSR count). The van der Waals surface area contributed by atoms with Gasteiger partial charge in [-0.2, -0.15) is 0 Å². The highest BCUT2D eigenvalue weighted by molar-refractivity contribution is 6.06. The highest BCUT2D eigenvalue weighted by Gasteiger charge is 2.22. The van der Waals surface area contributed by atoms with E-state index >= 15 is 0 Å². The lowest BCUT2D eigenvalue weighted by Gasteiger charge is -2.13. The number of aromatic amines is 1. The van der Waals surface area contributed by atoms with Crippen molar-refractivity contribution in [2.24, 2.45) is 0 Å². The molecule has 0 spiro atoms. The summed E-state index contributed by atoms with van der Waals surface area (Å²) in [6, 6.07) is 10.4. The Kier molecular flexibility index (Phi) is 3.34. The van der Waals surface area contributed by atoms with Crippen LogP contribution in [0.5, 0.6) is 5.75 Å². The molecule has 6 nitrogen and oxygen atoms in total. The third-order valence-electron chi connectivity index (χ3n) is 3.38. The summed E-state index contributed by atoms with van der Waals surface area (Å²) in [5.74, 6) is -0.811. The molecule has 0 aliphatic heterocycles. The second-order valence-electron chi connectivity index (χ2n) is 4.61. The van der Waals surface area contributed by atoms with Gasteiger partial charge in [0.1, 0.15) is 17.0 Å². The summed E-state index contributed by atoms with van der Waals surface area (Å²) in [6.07, 6.45) is 1.53. The van der Waals surface area contributed by atoms with E-state index < -0.39 is 11.5 Å². The van der Waals surface area contributed by atoms with Gasteiger partial charge >= 0.3 is 5.97 Å². The Morgan fingerprint density at radius 1 is 1.23 bits per heavy atom. The third kappa shape index (κ3) is 2.10. The van der Waals surface area contributed by atoms with E-state index in [1.807, 2.05) is 0 Å². The van der Waals surface area contributed by atoms with Gasteiger partial charge in [-0.1, -0.05) is 18.2 Å². The molecule has 3 aromatic rings. The Hall–Kier alpha value is -3.15. The van der Waals surface area contributed by atoms with Gasteiger partial charge in [0.25, 0.3) is 5.56 Å². The van der Waals surface area contributed by atoms with E-state index in [0.29, 0.717) is 27.9 Å². The molecule has 6 heteroatoms. The van der Waals surface area contributed by atoms with E-state index in [9.17, 15) is 14.7 Å². The van der Waals surface area contributed by atoms with Crippen LogP contribution in [0.1, 0.15) is 10.4 Å². The van der Waals surface area contributed by atoms with Crippen LogP contribution in [0.4, 0.5) is 0 Å². The average Bonchev–Trinajstić information content (AvgIpc) is 2.53. The lowest BCUT2D eigenvalue weighted by atomic mass is 9.96. The number of ether oxygens (including phenoxy) is 1. The van der Waals surface area contributed by atoms with Crippen LogP contribution in [0.15, 0.2) is 47.4 Å². The summed E-state index contributed by atoms with van der Waals surface area (Å²) in [6.45, 7) is 0. The maximum Gasteiger partial charge on any atom is 0.342 e. The number of nitrogens with zero attached hydrogens (tertiary/aromatic N) is 1. The molecule has 2 N–H and O–H groups in total. The SMILES string of the molecule is COc1ccccc1-c1c(C(=O)O)c(=O)[nH]c2ncccc12. The summed E-state index contributed by atoms with van der Waals surface area (Å²) in [5.41, 5.74) is 0.145. The number of methoxy groups -OCH3 is 1. The van der Waals surface area contributed by atoms with Crippen LogP contribution in [0.2, 0.25) is 0 Å². The number of pyridine rings is 2. The smallest absolute Gasteiger partial charge is 0.342 e. The number of fused-ring (bicyclic) bond motifs is 1. The standard InChI is InChI=1S/C16H12N2O4/c1-22-11-7-3-2-5-9(11)12-10-6-4-8-17-14(10)18-15(19)13(12)16(20)21/h2-8H,1H3,(H,20,21)(H,17,18,19). The lowest BCUT2D eigenvalue weighted by Crippen LogP contribution is -2.19. The molecule has 0 saturated heterocycles. The number of H-pyrrole nitrogens is 1. The van der Waals surface area contributed by atoms with E-state index in [-0.39, 0.29) is 5.56 Å². The van der Waals surface area contributed by atoms with Crippen LogP contribution in [-0.4, -0.2) is 28.2 Å². The normalized spacial score (nSPS) is 10.6. The van der Waals surface area contributed by atoms with Gasteiger partial charge in [0.2, 0.25) is 0 Å². The van der Waals surface area contributed by atoms with Crippen LogP contribution in [0, 0.1) is 0 Å². The minimum atomic E-state index is -1.30. The predicted octanol–water partition coefficient (Wildman–Crippen LogP) is 2.30. The second-order valence-corrected chi connectivity index (χ2v) is 4.61. The van der Waals surface area contributed by atoms with E-state index in [1.54, 1.807) is 36.4 Å². The molecule has 0 atom stereocenters. The van der Waals surface area contributed by atoms with Crippen molar-refractivity contribution in [2.45, 2.75) is 0 Å². The van der Waals surface area contributed by atoms with Gasteiger partial charge < -0.3 is 14.8 Å². The summed E-state index contributed by atoms with van der Waals surface area (Å²) in [5, 5.41) is 10.00. The number of aromatic nitrogens is 2. The molecule has 22 heavy (non-hydrogen) atoms. The van der Waals surface area contributed by atoms with Crippen LogP contribution in [0.25, 0.3) is 22.2 Å². The average molecular weight is 296 g/mol. The maximum atomic E-state index is 12.2. The van der Waals surface area contributed by atoms with Crippen LogP contribution in [-0.2, 0) is 0 Å². The van der Waals surface area contributed by atoms with Crippen LogP contribution >= 0.6 is 0 Å². The molecule has 2 aromatic heterocycles. The van der Waals surface area contributed by atoms with E-state index in [0.717, 1.165) is 0 Å². The molecule has 2 heterocycles. The molecule has 0 unspecified atom stereocenters. The van der Waals surface area contributed by atoms with Crippen molar-refractivity contribution in [2.75, 3.05) is 7.11 Å². The van der Waals surface area contributed by atoms with Gasteiger partial charge in [0, 0.05) is 22.7 Å². The van der Waals surface area contributed by atoms with Crippen LogP contribution < -0.4 is 10.3 Å². The van der Waals surface area contributed by atoms with Crippen molar-refractivity contribution in [3.8, 4) is 16.9 Å². The number of rotatable bonds is 3. The number of carboxylic acids is 1. The fraction of sp³-hybridized carbons (Fsp3) is 0.0625. The zero-order valence-electron chi connectivity index (χ0n) is 11.7. The number of nitrogens with one attached hydrogen (secondary N) is 1. The molecule has 0 fully saturated rings. The zero-order valence-corrected chi connectivity index (χ0v) is 11.7. The summed E-state index contributed by atoms with van der Waals surface area (Å²) in [4.78, 5) is 30.3. The van der Waals surface area contributed by atoms with Crippen molar-refractivity contribution in [1.82, 2.24) is 9.97 Å². The largest absolute Gasteiger partial charge is 0.496 e. The number of hydrogen-bond acceptors (Lipinski definition) is 4. The van der Waals surface area contributed by atoms with Crippen molar-refractivity contribution in [3.63, 3.8) is 0 Å². The van der Waals surface area contributed by atoms with Crippen molar-refractivity contribution in [3.05, 3.63) is 58.5 Å². The fourth-order valence-electron chi connectivity index (χ4n) is 2.46. The third-order valence-corrected chi connectivity index (χ3v) is 3.38. The fourth-order valence-corrected chi connectivity index (χ4v) is 2.46. The Morgan fingerprint density at radius 3 is 2.73 bits per heavy atom. The number of benzene rings is 1. The highest BCUT2D eigenvalue weighted by Crippen LogP contribution is 2.35. The second kappa shape index (κ2) is 5.33. The zero-order chi connectivity index (χ0) is 15.7. The van der Waals surface area contributed by atoms with Gasteiger partial charge in [-0.3, -0.25) is 4.79 Å². The first-order valence-electron chi connectivity index (χ1n) is 6.51. The first-order chi connectivity index (χ1) is 10.6. The molecule has 0 radical (unpaired) electrons.